The van der Waals surface area contributed by atoms with Gasteiger partial charge in [0.1, 0.15) is 23.9 Å². The molecule has 0 saturated carbocycles. The van der Waals surface area contributed by atoms with Gasteiger partial charge in [0.2, 0.25) is 0 Å². The van der Waals surface area contributed by atoms with Crippen molar-refractivity contribution in [1.82, 2.24) is 9.55 Å². The maximum Gasteiger partial charge on any atom is 0.272 e. The van der Waals surface area contributed by atoms with Crippen molar-refractivity contribution >= 4 is 22.6 Å². The summed E-state index contributed by atoms with van der Waals surface area (Å²) in [6, 6.07) is 18.3. The van der Waals surface area contributed by atoms with Crippen LogP contribution in [0.3, 0.4) is 0 Å². The van der Waals surface area contributed by atoms with E-state index in [1.165, 1.54) is 12.1 Å². The molecule has 0 radical (unpaired) electrons. The van der Waals surface area contributed by atoms with E-state index in [-0.39, 0.29) is 23.9 Å². The Labute approximate surface area is 184 Å². The van der Waals surface area contributed by atoms with Gasteiger partial charge in [0.05, 0.1) is 11.0 Å². The van der Waals surface area contributed by atoms with E-state index in [1.807, 2.05) is 19.1 Å². The number of carbonyl (C=O) groups is 1. The second kappa shape index (κ2) is 9.01. The second-order valence-electron chi connectivity index (χ2n) is 7.35. The predicted molar refractivity (Wildman–Crippen MR) is 122 cm³/mol. The molecule has 0 aliphatic rings. The molecule has 0 bridgehead atoms. The van der Waals surface area contributed by atoms with E-state index in [2.05, 4.69) is 10.3 Å². The minimum absolute atomic E-state index is 0.130. The van der Waals surface area contributed by atoms with Crippen molar-refractivity contribution in [3.05, 3.63) is 99.7 Å². The van der Waals surface area contributed by atoms with Crippen LogP contribution in [0.1, 0.15) is 28.5 Å². The van der Waals surface area contributed by atoms with Crippen molar-refractivity contribution in [3.8, 4) is 5.75 Å². The molecule has 0 atom stereocenters. The third kappa shape index (κ3) is 4.51. The number of nitrogens with one attached hydrogen (secondary N) is 1. The summed E-state index contributed by atoms with van der Waals surface area (Å²) in [5, 5.41) is 2.87. The molecule has 7 heteroatoms. The molecular weight excluding hydrogens is 409 g/mol. The lowest BCUT2D eigenvalue weighted by molar-refractivity contribution is 0.102. The van der Waals surface area contributed by atoms with Gasteiger partial charge in [-0.25, -0.2) is 9.37 Å². The molecule has 4 rings (SSSR count). The maximum atomic E-state index is 13.3. The largest absolute Gasteiger partial charge is 0.489 e. The van der Waals surface area contributed by atoms with Gasteiger partial charge in [-0.3, -0.25) is 9.59 Å². The number of aryl methyl sites for hydroxylation is 2. The first-order valence-electron chi connectivity index (χ1n) is 10.2. The molecular formula is C25H22FN3O3. The number of ether oxygens (including phenoxy) is 1. The number of aromatic nitrogens is 2. The molecule has 0 fully saturated rings. The van der Waals surface area contributed by atoms with Crippen molar-refractivity contribution in [2.24, 2.45) is 0 Å². The number of carbonyl (C=O) groups excluding carboxylic acids is 1. The topological polar surface area (TPSA) is 73.2 Å². The summed E-state index contributed by atoms with van der Waals surface area (Å²) < 4.78 is 20.6. The monoisotopic (exact) mass is 431 g/mol. The SMILES string of the molecule is CCn1c(=O)c(C)nc2cc(C(=O)Nc3cccc(COc4cccc(F)c4)c3)ccc21. The van der Waals surface area contributed by atoms with Gasteiger partial charge in [0.15, 0.2) is 0 Å². The first-order chi connectivity index (χ1) is 15.4. The zero-order valence-electron chi connectivity index (χ0n) is 17.8. The van der Waals surface area contributed by atoms with E-state index in [0.717, 1.165) is 5.56 Å². The Balaban J connectivity index is 1.51. The Hall–Kier alpha value is -4.00. The third-order valence-corrected chi connectivity index (χ3v) is 5.07. The Morgan fingerprint density at radius 1 is 1.09 bits per heavy atom. The molecule has 1 N–H and O–H groups in total. The van der Waals surface area contributed by atoms with Gasteiger partial charge in [0.25, 0.3) is 11.5 Å². The number of hydrogen-bond donors (Lipinski definition) is 1. The van der Waals surface area contributed by atoms with E-state index in [1.54, 1.807) is 54.0 Å². The molecule has 0 spiro atoms. The molecule has 32 heavy (non-hydrogen) atoms. The summed E-state index contributed by atoms with van der Waals surface area (Å²) in [6.45, 7) is 4.32. The molecule has 1 heterocycles. The highest BCUT2D eigenvalue weighted by atomic mass is 19.1. The molecule has 1 amide bonds. The number of halogens is 1. The highest BCUT2D eigenvalue weighted by Gasteiger charge is 2.12. The van der Waals surface area contributed by atoms with E-state index >= 15 is 0 Å². The van der Waals surface area contributed by atoms with Crippen LogP contribution < -0.4 is 15.6 Å². The number of rotatable bonds is 6. The molecule has 0 saturated heterocycles. The average Bonchev–Trinajstić information content (AvgIpc) is 2.78. The number of anilines is 1. The number of benzene rings is 3. The summed E-state index contributed by atoms with van der Waals surface area (Å²) in [5.74, 6) is -0.215. The van der Waals surface area contributed by atoms with Crippen LogP contribution in [0, 0.1) is 12.7 Å². The van der Waals surface area contributed by atoms with E-state index in [4.69, 9.17) is 4.74 Å². The molecule has 0 aliphatic carbocycles. The quantitative estimate of drug-likeness (QED) is 0.481. The fourth-order valence-corrected chi connectivity index (χ4v) is 3.50. The van der Waals surface area contributed by atoms with E-state index in [9.17, 15) is 14.0 Å². The smallest absolute Gasteiger partial charge is 0.272 e. The summed E-state index contributed by atoms with van der Waals surface area (Å²) in [4.78, 5) is 29.4. The van der Waals surface area contributed by atoms with Crippen LogP contribution in [0.5, 0.6) is 5.75 Å². The molecule has 162 valence electrons. The average molecular weight is 431 g/mol. The molecule has 3 aromatic carbocycles. The second-order valence-corrected chi connectivity index (χ2v) is 7.35. The fourth-order valence-electron chi connectivity index (χ4n) is 3.50. The number of nitrogens with zero attached hydrogens (tertiary/aromatic N) is 2. The first kappa shape index (κ1) is 21.2. The van der Waals surface area contributed by atoms with Gasteiger partial charge in [-0.1, -0.05) is 18.2 Å². The normalized spacial score (nSPS) is 10.8. The van der Waals surface area contributed by atoms with Gasteiger partial charge in [-0.15, -0.1) is 0 Å². The zero-order chi connectivity index (χ0) is 22.7. The Kier molecular flexibility index (Phi) is 5.98. The van der Waals surface area contributed by atoms with Crippen LogP contribution >= 0.6 is 0 Å². The van der Waals surface area contributed by atoms with Crippen LogP contribution in [0.15, 0.2) is 71.5 Å². The zero-order valence-corrected chi connectivity index (χ0v) is 17.8. The molecule has 0 aliphatic heterocycles. The predicted octanol–water partition coefficient (Wildman–Crippen LogP) is 4.70. The van der Waals surface area contributed by atoms with Crippen LogP contribution in [0.4, 0.5) is 10.1 Å². The van der Waals surface area contributed by atoms with Crippen molar-refractivity contribution in [2.45, 2.75) is 27.0 Å². The van der Waals surface area contributed by atoms with Gasteiger partial charge in [-0.05, 0) is 61.9 Å². The highest BCUT2D eigenvalue weighted by Crippen LogP contribution is 2.18. The minimum Gasteiger partial charge on any atom is -0.489 e. The van der Waals surface area contributed by atoms with Crippen molar-refractivity contribution in [3.63, 3.8) is 0 Å². The lowest BCUT2D eigenvalue weighted by Gasteiger charge is -2.11. The van der Waals surface area contributed by atoms with E-state index < -0.39 is 0 Å². The summed E-state index contributed by atoms with van der Waals surface area (Å²) in [6.07, 6.45) is 0. The van der Waals surface area contributed by atoms with E-state index in [0.29, 0.717) is 40.3 Å². The van der Waals surface area contributed by atoms with Gasteiger partial charge in [-0.2, -0.15) is 0 Å². The van der Waals surface area contributed by atoms with Crippen molar-refractivity contribution < 1.29 is 13.9 Å². The number of hydrogen-bond acceptors (Lipinski definition) is 4. The minimum atomic E-state index is -0.362. The van der Waals surface area contributed by atoms with Crippen LogP contribution in [0.2, 0.25) is 0 Å². The fraction of sp³-hybridized carbons (Fsp3) is 0.160. The number of amides is 1. The van der Waals surface area contributed by atoms with Crippen molar-refractivity contribution in [2.75, 3.05) is 5.32 Å². The Morgan fingerprint density at radius 3 is 2.69 bits per heavy atom. The van der Waals surface area contributed by atoms with Crippen molar-refractivity contribution in [1.29, 1.82) is 0 Å². The molecule has 4 aromatic rings. The summed E-state index contributed by atoms with van der Waals surface area (Å²) in [5.41, 5.74) is 3.42. The lowest BCUT2D eigenvalue weighted by atomic mass is 10.1. The summed E-state index contributed by atoms with van der Waals surface area (Å²) >= 11 is 0. The molecule has 6 nitrogen and oxygen atoms in total. The van der Waals surface area contributed by atoms with Crippen LogP contribution in [-0.2, 0) is 13.2 Å². The third-order valence-electron chi connectivity index (χ3n) is 5.07. The van der Waals surface area contributed by atoms with Gasteiger partial charge in [0, 0.05) is 23.9 Å². The van der Waals surface area contributed by atoms with Gasteiger partial charge < -0.3 is 14.6 Å². The Bertz CT molecular complexity index is 1360. The lowest BCUT2D eigenvalue weighted by Crippen LogP contribution is -2.23. The van der Waals surface area contributed by atoms with Gasteiger partial charge >= 0.3 is 0 Å². The van der Waals surface area contributed by atoms with Crippen LogP contribution in [0.25, 0.3) is 11.0 Å². The standard InChI is InChI=1S/C25H22FN3O3/c1-3-29-23-11-10-18(13-22(23)27-16(2)25(29)31)24(30)28-20-8-4-6-17(12-20)15-32-21-9-5-7-19(26)14-21/h4-14H,3,15H2,1-2H3,(H,28,30). The highest BCUT2D eigenvalue weighted by molar-refractivity contribution is 6.05. The van der Waals surface area contributed by atoms with Crippen LogP contribution in [-0.4, -0.2) is 15.5 Å². The number of fused-ring (bicyclic) bond motifs is 1. The summed E-state index contributed by atoms with van der Waals surface area (Å²) in [7, 11) is 0. The maximum absolute atomic E-state index is 13.3. The molecule has 1 aromatic heterocycles. The Morgan fingerprint density at radius 2 is 1.91 bits per heavy atom. The molecule has 0 unspecified atom stereocenters. The first-order valence-corrected chi connectivity index (χ1v) is 10.2.